The van der Waals surface area contributed by atoms with Gasteiger partial charge in [0.2, 0.25) is 0 Å². The van der Waals surface area contributed by atoms with E-state index in [-0.39, 0.29) is 17.4 Å². The van der Waals surface area contributed by atoms with Gasteiger partial charge in [-0.05, 0) is 30.7 Å². The molecule has 118 valence electrons. The van der Waals surface area contributed by atoms with Gasteiger partial charge in [-0.2, -0.15) is 0 Å². The SMILES string of the molecule is CCc1cc(C)c(C(=O)NC(CO)c2ccc(Cl)c(F)c2)o1. The fourth-order valence-electron chi connectivity index (χ4n) is 2.14. The predicted molar refractivity (Wildman–Crippen MR) is 81.5 cm³/mol. The summed E-state index contributed by atoms with van der Waals surface area (Å²) in [6.07, 6.45) is 0.681. The van der Waals surface area contributed by atoms with Crippen molar-refractivity contribution in [1.82, 2.24) is 5.32 Å². The Morgan fingerprint density at radius 2 is 2.18 bits per heavy atom. The number of hydrogen-bond acceptors (Lipinski definition) is 3. The summed E-state index contributed by atoms with van der Waals surface area (Å²) >= 11 is 5.63. The summed E-state index contributed by atoms with van der Waals surface area (Å²) in [4.78, 5) is 12.3. The van der Waals surface area contributed by atoms with Gasteiger partial charge in [0, 0.05) is 12.0 Å². The zero-order valence-electron chi connectivity index (χ0n) is 12.3. The Kier molecular flexibility index (Phi) is 5.21. The Bertz CT molecular complexity index is 684. The van der Waals surface area contributed by atoms with E-state index in [1.54, 1.807) is 19.1 Å². The van der Waals surface area contributed by atoms with Crippen LogP contribution >= 0.6 is 11.6 Å². The zero-order chi connectivity index (χ0) is 16.3. The third-order valence-electron chi connectivity index (χ3n) is 3.36. The topological polar surface area (TPSA) is 62.5 Å². The zero-order valence-corrected chi connectivity index (χ0v) is 13.1. The van der Waals surface area contributed by atoms with E-state index in [4.69, 9.17) is 16.0 Å². The molecule has 1 aromatic carbocycles. The highest BCUT2D eigenvalue weighted by Crippen LogP contribution is 2.21. The van der Waals surface area contributed by atoms with Crippen LogP contribution in [0.4, 0.5) is 4.39 Å². The van der Waals surface area contributed by atoms with Crippen LogP contribution in [0.15, 0.2) is 28.7 Å². The van der Waals surface area contributed by atoms with Crippen molar-refractivity contribution >= 4 is 17.5 Å². The van der Waals surface area contributed by atoms with Gasteiger partial charge >= 0.3 is 0 Å². The first kappa shape index (κ1) is 16.5. The Balaban J connectivity index is 2.20. The van der Waals surface area contributed by atoms with Gasteiger partial charge in [-0.1, -0.05) is 24.6 Å². The van der Waals surface area contributed by atoms with Crippen LogP contribution in [-0.2, 0) is 6.42 Å². The molecule has 6 heteroatoms. The minimum absolute atomic E-state index is 0.0127. The van der Waals surface area contributed by atoms with Gasteiger partial charge in [-0.25, -0.2) is 4.39 Å². The van der Waals surface area contributed by atoms with E-state index in [1.165, 1.54) is 12.1 Å². The van der Waals surface area contributed by atoms with E-state index >= 15 is 0 Å². The predicted octanol–water partition coefficient (Wildman–Crippen LogP) is 3.41. The van der Waals surface area contributed by atoms with Gasteiger partial charge in [0.05, 0.1) is 17.7 Å². The summed E-state index contributed by atoms with van der Waals surface area (Å²) in [5.74, 6) is -0.147. The number of nitrogens with one attached hydrogen (secondary N) is 1. The minimum atomic E-state index is -0.742. The molecule has 0 aliphatic carbocycles. The lowest BCUT2D eigenvalue weighted by Crippen LogP contribution is -2.31. The van der Waals surface area contributed by atoms with Crippen LogP contribution in [0.1, 0.15) is 40.4 Å². The second-order valence-electron chi connectivity index (χ2n) is 4.96. The van der Waals surface area contributed by atoms with Crippen molar-refractivity contribution in [2.24, 2.45) is 0 Å². The van der Waals surface area contributed by atoms with Crippen LogP contribution < -0.4 is 5.32 Å². The van der Waals surface area contributed by atoms with Gasteiger partial charge in [0.15, 0.2) is 5.76 Å². The summed E-state index contributed by atoms with van der Waals surface area (Å²) in [7, 11) is 0. The van der Waals surface area contributed by atoms with Crippen molar-refractivity contribution in [2.75, 3.05) is 6.61 Å². The fourth-order valence-corrected chi connectivity index (χ4v) is 2.25. The van der Waals surface area contributed by atoms with Crippen molar-refractivity contribution in [3.8, 4) is 0 Å². The van der Waals surface area contributed by atoms with Crippen LogP contribution in [-0.4, -0.2) is 17.6 Å². The minimum Gasteiger partial charge on any atom is -0.456 e. The van der Waals surface area contributed by atoms with Crippen molar-refractivity contribution in [3.05, 3.63) is 57.8 Å². The highest BCUT2D eigenvalue weighted by molar-refractivity contribution is 6.30. The Hall–Kier alpha value is -1.85. The van der Waals surface area contributed by atoms with Crippen LogP contribution in [0.2, 0.25) is 5.02 Å². The number of aliphatic hydroxyl groups excluding tert-OH is 1. The van der Waals surface area contributed by atoms with Gasteiger partial charge in [0.1, 0.15) is 11.6 Å². The van der Waals surface area contributed by atoms with E-state index in [1.807, 2.05) is 6.92 Å². The summed E-state index contributed by atoms with van der Waals surface area (Å²) < 4.78 is 19.0. The van der Waals surface area contributed by atoms with E-state index in [2.05, 4.69) is 5.32 Å². The Morgan fingerprint density at radius 3 is 2.73 bits per heavy atom. The molecule has 0 bridgehead atoms. The monoisotopic (exact) mass is 325 g/mol. The number of hydrogen-bond donors (Lipinski definition) is 2. The smallest absolute Gasteiger partial charge is 0.287 e. The molecule has 1 atom stereocenters. The third-order valence-corrected chi connectivity index (χ3v) is 3.66. The molecule has 22 heavy (non-hydrogen) atoms. The molecular weight excluding hydrogens is 309 g/mol. The van der Waals surface area contributed by atoms with Crippen LogP contribution in [0.3, 0.4) is 0 Å². The normalized spacial score (nSPS) is 12.2. The number of halogens is 2. The number of furan rings is 1. The van der Waals surface area contributed by atoms with Gasteiger partial charge in [-0.3, -0.25) is 4.79 Å². The number of rotatable bonds is 5. The average molecular weight is 326 g/mol. The molecule has 2 aromatic rings. The Labute approximate surface area is 132 Å². The summed E-state index contributed by atoms with van der Waals surface area (Å²) in [6, 6.07) is 5.18. The van der Waals surface area contributed by atoms with Crippen LogP contribution in [0.5, 0.6) is 0 Å². The molecule has 0 spiro atoms. The molecule has 0 saturated carbocycles. The van der Waals surface area contributed by atoms with Gasteiger partial charge < -0.3 is 14.8 Å². The standard InChI is InChI=1S/C16H17ClFNO3/c1-3-11-6-9(2)15(22-11)16(21)19-14(8-20)10-4-5-12(17)13(18)7-10/h4-7,14,20H,3,8H2,1-2H3,(H,19,21). The first-order valence-corrected chi connectivity index (χ1v) is 7.30. The van der Waals surface area contributed by atoms with Crippen molar-refractivity contribution < 1.29 is 18.7 Å². The fraction of sp³-hybridized carbons (Fsp3) is 0.312. The van der Waals surface area contributed by atoms with E-state index in [0.717, 1.165) is 0 Å². The Morgan fingerprint density at radius 1 is 1.45 bits per heavy atom. The molecule has 0 radical (unpaired) electrons. The molecule has 0 aliphatic rings. The maximum absolute atomic E-state index is 13.5. The van der Waals surface area contributed by atoms with E-state index < -0.39 is 17.8 Å². The second-order valence-corrected chi connectivity index (χ2v) is 5.37. The molecule has 0 saturated heterocycles. The molecule has 2 rings (SSSR count). The average Bonchev–Trinajstić information content (AvgIpc) is 2.88. The number of aliphatic hydroxyl groups is 1. The number of carbonyl (C=O) groups excluding carboxylic acids is 1. The highest BCUT2D eigenvalue weighted by atomic mass is 35.5. The number of benzene rings is 1. The third kappa shape index (κ3) is 3.48. The van der Waals surface area contributed by atoms with Crippen molar-refractivity contribution in [2.45, 2.75) is 26.3 Å². The summed E-state index contributed by atoms with van der Waals surface area (Å²) in [6.45, 7) is 3.33. The summed E-state index contributed by atoms with van der Waals surface area (Å²) in [5, 5.41) is 12.1. The number of carbonyl (C=O) groups is 1. The van der Waals surface area contributed by atoms with Crippen LogP contribution in [0, 0.1) is 12.7 Å². The number of aryl methyl sites for hydroxylation is 2. The molecule has 2 N–H and O–H groups in total. The maximum Gasteiger partial charge on any atom is 0.287 e. The molecule has 0 aliphatic heterocycles. The van der Waals surface area contributed by atoms with Crippen molar-refractivity contribution in [3.63, 3.8) is 0 Å². The molecule has 0 fully saturated rings. The molecule has 1 unspecified atom stereocenters. The highest BCUT2D eigenvalue weighted by Gasteiger charge is 2.20. The molecular formula is C16H17ClFNO3. The van der Waals surface area contributed by atoms with Crippen molar-refractivity contribution in [1.29, 1.82) is 0 Å². The lowest BCUT2D eigenvalue weighted by molar-refractivity contribution is 0.0885. The molecule has 1 amide bonds. The maximum atomic E-state index is 13.5. The summed E-state index contributed by atoms with van der Waals surface area (Å²) in [5.41, 5.74) is 1.14. The second kappa shape index (κ2) is 6.94. The van der Waals surface area contributed by atoms with E-state index in [9.17, 15) is 14.3 Å². The van der Waals surface area contributed by atoms with E-state index in [0.29, 0.717) is 23.3 Å². The molecule has 1 aromatic heterocycles. The van der Waals surface area contributed by atoms with Gasteiger partial charge in [0.25, 0.3) is 5.91 Å². The number of amides is 1. The van der Waals surface area contributed by atoms with Crippen LogP contribution in [0.25, 0.3) is 0 Å². The molecule has 1 heterocycles. The quantitative estimate of drug-likeness (QED) is 0.885. The first-order chi connectivity index (χ1) is 10.5. The largest absolute Gasteiger partial charge is 0.456 e. The molecule has 4 nitrogen and oxygen atoms in total. The lowest BCUT2D eigenvalue weighted by Gasteiger charge is -2.16. The lowest BCUT2D eigenvalue weighted by atomic mass is 10.1. The van der Waals surface area contributed by atoms with Gasteiger partial charge in [-0.15, -0.1) is 0 Å². The first-order valence-electron chi connectivity index (χ1n) is 6.92.